The molecule has 1 N–H and O–H groups in total. The van der Waals surface area contributed by atoms with Crippen LogP contribution in [0.4, 0.5) is 0 Å². The number of aromatic nitrogens is 4. The van der Waals surface area contributed by atoms with Crippen LogP contribution < -0.4 is 0 Å². The van der Waals surface area contributed by atoms with Crippen LogP contribution in [0, 0.1) is 11.3 Å². The molecule has 0 aliphatic heterocycles. The molecule has 2 heterocycles. The van der Waals surface area contributed by atoms with Gasteiger partial charge in [0.2, 0.25) is 0 Å². The van der Waals surface area contributed by atoms with Crippen LogP contribution in [0.3, 0.4) is 0 Å². The molecule has 7 heteroatoms. The molecular formula is C10H9N5OS. The van der Waals surface area contributed by atoms with Gasteiger partial charge in [0.15, 0.2) is 10.9 Å². The maximum absolute atomic E-state index is 9.03. The summed E-state index contributed by atoms with van der Waals surface area (Å²) in [6, 6.07) is 1.91. The summed E-state index contributed by atoms with van der Waals surface area (Å²) in [7, 11) is 1.82. The molecule has 2 aromatic heterocycles. The first kappa shape index (κ1) is 11.6. The largest absolute Gasteiger partial charge is 0.390 e. The summed E-state index contributed by atoms with van der Waals surface area (Å²) in [4.78, 5) is 12.2. The fourth-order valence-electron chi connectivity index (χ4n) is 1.19. The van der Waals surface area contributed by atoms with E-state index in [4.69, 9.17) is 10.4 Å². The highest BCUT2D eigenvalue weighted by Crippen LogP contribution is 2.24. The molecule has 0 atom stereocenters. The van der Waals surface area contributed by atoms with Crippen LogP contribution in [-0.2, 0) is 13.7 Å². The van der Waals surface area contributed by atoms with Crippen LogP contribution in [-0.4, -0.2) is 24.6 Å². The van der Waals surface area contributed by atoms with E-state index in [2.05, 4.69) is 15.0 Å². The van der Waals surface area contributed by atoms with Crippen molar-refractivity contribution >= 4 is 11.8 Å². The number of hydrogen-bond acceptors (Lipinski definition) is 6. The number of aliphatic hydroxyl groups excluding tert-OH is 1. The smallest absolute Gasteiger partial charge is 0.174 e. The Hall–Kier alpha value is -1.91. The van der Waals surface area contributed by atoms with Crippen LogP contribution in [0.5, 0.6) is 0 Å². The van der Waals surface area contributed by atoms with E-state index < -0.39 is 0 Å². The van der Waals surface area contributed by atoms with Gasteiger partial charge in [-0.2, -0.15) is 5.26 Å². The molecule has 0 spiro atoms. The van der Waals surface area contributed by atoms with E-state index in [1.54, 1.807) is 10.8 Å². The maximum atomic E-state index is 9.03. The Bertz CT molecular complexity index is 557. The van der Waals surface area contributed by atoms with Crippen molar-refractivity contribution < 1.29 is 5.11 Å². The Balaban J connectivity index is 2.20. The monoisotopic (exact) mass is 247 g/mol. The third kappa shape index (κ3) is 2.43. The molecule has 0 saturated carbocycles. The summed E-state index contributed by atoms with van der Waals surface area (Å²) < 4.78 is 1.78. The molecule has 86 valence electrons. The fourth-order valence-corrected chi connectivity index (χ4v) is 1.95. The Kier molecular flexibility index (Phi) is 3.37. The number of aliphatic hydroxyl groups is 1. The lowest BCUT2D eigenvalue weighted by Gasteiger charge is -2.02. The first-order valence-corrected chi connectivity index (χ1v) is 5.57. The minimum Gasteiger partial charge on any atom is -0.390 e. The number of hydrogen-bond donors (Lipinski definition) is 1. The van der Waals surface area contributed by atoms with Crippen molar-refractivity contribution in [1.82, 2.24) is 19.5 Å². The molecule has 0 amide bonds. The fraction of sp³-hybridized carbons (Fsp3) is 0.200. The Morgan fingerprint density at radius 3 is 2.71 bits per heavy atom. The van der Waals surface area contributed by atoms with Crippen LogP contribution in [0.1, 0.15) is 11.4 Å². The van der Waals surface area contributed by atoms with Gasteiger partial charge in [-0.1, -0.05) is 0 Å². The topological polar surface area (TPSA) is 87.6 Å². The molecule has 0 unspecified atom stereocenters. The number of rotatable bonds is 3. The van der Waals surface area contributed by atoms with Crippen molar-refractivity contribution in [3.8, 4) is 6.07 Å². The molecule has 0 saturated heterocycles. The summed E-state index contributed by atoms with van der Waals surface area (Å²) in [5.74, 6) is 0. The van der Waals surface area contributed by atoms with Crippen LogP contribution in [0.15, 0.2) is 28.8 Å². The van der Waals surface area contributed by atoms with Gasteiger partial charge in [0.05, 0.1) is 30.9 Å². The van der Waals surface area contributed by atoms with E-state index in [1.165, 1.54) is 24.2 Å². The van der Waals surface area contributed by atoms with Gasteiger partial charge in [-0.05, 0) is 11.8 Å². The SMILES string of the molecule is Cn1c(CO)cnc1Sc1cnc(C#N)cn1. The van der Waals surface area contributed by atoms with Gasteiger partial charge in [-0.25, -0.2) is 15.0 Å². The summed E-state index contributed by atoms with van der Waals surface area (Å²) in [6.45, 7) is -0.0525. The molecule has 0 fully saturated rings. The van der Waals surface area contributed by atoms with E-state index in [9.17, 15) is 0 Å². The van der Waals surface area contributed by atoms with E-state index >= 15 is 0 Å². The van der Waals surface area contributed by atoms with Crippen LogP contribution >= 0.6 is 11.8 Å². The first-order chi connectivity index (χ1) is 8.24. The highest BCUT2D eigenvalue weighted by atomic mass is 32.2. The van der Waals surface area contributed by atoms with Gasteiger partial charge in [0.1, 0.15) is 11.1 Å². The second-order valence-electron chi connectivity index (χ2n) is 3.20. The molecule has 0 radical (unpaired) electrons. The van der Waals surface area contributed by atoms with Crippen molar-refractivity contribution in [1.29, 1.82) is 5.26 Å². The highest BCUT2D eigenvalue weighted by molar-refractivity contribution is 7.99. The molecule has 0 aromatic carbocycles. The van der Waals surface area contributed by atoms with Crippen molar-refractivity contribution in [2.45, 2.75) is 16.8 Å². The van der Waals surface area contributed by atoms with Crippen molar-refractivity contribution in [3.63, 3.8) is 0 Å². The number of nitrogens with zero attached hydrogens (tertiary/aromatic N) is 5. The molecular weight excluding hydrogens is 238 g/mol. The lowest BCUT2D eigenvalue weighted by Crippen LogP contribution is -1.97. The standard InChI is InChI=1S/C10H9N5OS/c1-15-8(6-16)4-14-10(15)17-9-5-12-7(2-11)3-13-9/h3-5,16H,6H2,1H3. The third-order valence-corrected chi connectivity index (χ3v) is 3.12. The summed E-state index contributed by atoms with van der Waals surface area (Å²) in [6.07, 6.45) is 4.55. The van der Waals surface area contributed by atoms with Crippen molar-refractivity contribution in [2.75, 3.05) is 0 Å². The van der Waals surface area contributed by atoms with Crippen molar-refractivity contribution in [3.05, 3.63) is 30.0 Å². The first-order valence-electron chi connectivity index (χ1n) is 4.76. The minimum absolute atomic E-state index is 0.0525. The Morgan fingerprint density at radius 1 is 1.35 bits per heavy atom. The summed E-state index contributed by atoms with van der Waals surface area (Å²) >= 11 is 1.33. The summed E-state index contributed by atoms with van der Waals surface area (Å²) in [5.41, 5.74) is 1.01. The predicted octanol–water partition coefficient (Wildman–Crippen LogP) is 0.725. The van der Waals surface area contributed by atoms with Gasteiger partial charge < -0.3 is 9.67 Å². The summed E-state index contributed by atoms with van der Waals surface area (Å²) in [5, 5.41) is 19.0. The van der Waals surface area contributed by atoms with Gasteiger partial charge in [0.25, 0.3) is 0 Å². The lowest BCUT2D eigenvalue weighted by atomic mass is 10.5. The molecule has 0 aliphatic rings. The maximum Gasteiger partial charge on any atom is 0.174 e. The molecule has 0 aliphatic carbocycles. The Morgan fingerprint density at radius 2 is 2.18 bits per heavy atom. The minimum atomic E-state index is -0.0525. The quantitative estimate of drug-likeness (QED) is 0.860. The molecule has 0 bridgehead atoms. The van der Waals surface area contributed by atoms with Gasteiger partial charge >= 0.3 is 0 Å². The van der Waals surface area contributed by atoms with Crippen LogP contribution in [0.25, 0.3) is 0 Å². The average molecular weight is 247 g/mol. The van der Waals surface area contributed by atoms with Gasteiger partial charge in [-0.3, -0.25) is 0 Å². The van der Waals surface area contributed by atoms with E-state index in [1.807, 2.05) is 13.1 Å². The normalized spacial score (nSPS) is 10.2. The highest BCUT2D eigenvalue weighted by Gasteiger charge is 2.08. The molecule has 17 heavy (non-hydrogen) atoms. The third-order valence-electron chi connectivity index (χ3n) is 2.14. The zero-order chi connectivity index (χ0) is 12.3. The second kappa shape index (κ2) is 4.95. The van der Waals surface area contributed by atoms with Crippen LogP contribution in [0.2, 0.25) is 0 Å². The lowest BCUT2D eigenvalue weighted by molar-refractivity contribution is 0.271. The van der Waals surface area contributed by atoms with Gasteiger partial charge in [-0.15, -0.1) is 0 Å². The Labute approximate surface area is 102 Å². The van der Waals surface area contributed by atoms with E-state index in [0.29, 0.717) is 10.2 Å². The average Bonchev–Trinajstić information content (AvgIpc) is 2.71. The molecule has 2 rings (SSSR count). The predicted molar refractivity (Wildman–Crippen MR) is 60.0 cm³/mol. The second-order valence-corrected chi connectivity index (χ2v) is 4.19. The van der Waals surface area contributed by atoms with Crippen molar-refractivity contribution in [2.24, 2.45) is 7.05 Å². The zero-order valence-corrected chi connectivity index (χ0v) is 9.85. The molecule has 2 aromatic rings. The number of imidazole rings is 1. The zero-order valence-electron chi connectivity index (χ0n) is 9.03. The van der Waals surface area contributed by atoms with Gasteiger partial charge in [0, 0.05) is 7.05 Å². The van der Waals surface area contributed by atoms with E-state index in [-0.39, 0.29) is 12.3 Å². The van der Waals surface area contributed by atoms with E-state index in [0.717, 1.165) is 5.69 Å². The number of nitriles is 1. The molecule has 6 nitrogen and oxygen atoms in total.